The molecule has 0 spiro atoms. The van der Waals surface area contributed by atoms with Gasteiger partial charge in [0.2, 0.25) is 0 Å². The summed E-state index contributed by atoms with van der Waals surface area (Å²) < 4.78 is 15.3. The van der Waals surface area contributed by atoms with Crippen LogP contribution in [-0.4, -0.2) is 38.4 Å². The zero-order chi connectivity index (χ0) is 21.0. The summed E-state index contributed by atoms with van der Waals surface area (Å²) in [7, 11) is 2.96. The Morgan fingerprint density at radius 1 is 0.893 bits per heavy atom. The number of ether oxygens (including phenoxy) is 3. The summed E-state index contributed by atoms with van der Waals surface area (Å²) in [6.07, 6.45) is 17.2. The van der Waals surface area contributed by atoms with Crippen molar-refractivity contribution in [2.75, 3.05) is 14.2 Å². The normalized spacial score (nSPS) is 13.4. The molecular formula is C23H42O5. The second-order valence-corrected chi connectivity index (χ2v) is 7.38. The minimum Gasteiger partial charge on any atom is -0.469 e. The highest BCUT2D eigenvalue weighted by Crippen LogP contribution is 2.14. The highest BCUT2D eigenvalue weighted by molar-refractivity contribution is 5.74. The van der Waals surface area contributed by atoms with Crippen LogP contribution >= 0.6 is 0 Å². The molecule has 0 aliphatic heterocycles. The first-order chi connectivity index (χ1) is 13.5. The number of methoxy groups -OCH3 is 2. The van der Waals surface area contributed by atoms with Crippen molar-refractivity contribution < 1.29 is 23.8 Å². The SMILES string of the molecule is CCCCCC[C@H](C/C=C\CCCCCCCC(=O)OC)OC(=O)[C@@H](C)OC. The topological polar surface area (TPSA) is 61.8 Å². The molecule has 5 heteroatoms. The Morgan fingerprint density at radius 3 is 2.25 bits per heavy atom. The quantitative estimate of drug-likeness (QED) is 0.167. The first kappa shape index (κ1) is 26.6. The van der Waals surface area contributed by atoms with Gasteiger partial charge in [0.25, 0.3) is 0 Å². The predicted molar refractivity (Wildman–Crippen MR) is 113 cm³/mol. The molecule has 0 N–H and O–H groups in total. The number of hydrogen-bond donors (Lipinski definition) is 0. The van der Waals surface area contributed by atoms with Crippen LogP contribution in [0.2, 0.25) is 0 Å². The summed E-state index contributed by atoms with van der Waals surface area (Å²) in [5, 5.41) is 0. The van der Waals surface area contributed by atoms with Gasteiger partial charge < -0.3 is 14.2 Å². The van der Waals surface area contributed by atoms with Gasteiger partial charge in [-0.15, -0.1) is 0 Å². The third-order valence-electron chi connectivity index (χ3n) is 4.89. The van der Waals surface area contributed by atoms with E-state index in [9.17, 15) is 9.59 Å². The van der Waals surface area contributed by atoms with Crippen LogP contribution in [-0.2, 0) is 23.8 Å². The lowest BCUT2D eigenvalue weighted by atomic mass is 10.1. The molecule has 2 atom stereocenters. The Hall–Kier alpha value is -1.36. The summed E-state index contributed by atoms with van der Waals surface area (Å²) in [6, 6.07) is 0. The van der Waals surface area contributed by atoms with Crippen molar-refractivity contribution in [1.82, 2.24) is 0 Å². The van der Waals surface area contributed by atoms with Crippen LogP contribution in [0.4, 0.5) is 0 Å². The number of hydrogen-bond acceptors (Lipinski definition) is 5. The molecule has 0 aliphatic carbocycles. The molecule has 164 valence electrons. The van der Waals surface area contributed by atoms with E-state index in [1.54, 1.807) is 6.92 Å². The van der Waals surface area contributed by atoms with Gasteiger partial charge in [-0.2, -0.15) is 0 Å². The third kappa shape index (κ3) is 15.7. The van der Waals surface area contributed by atoms with Crippen LogP contribution in [0.15, 0.2) is 12.2 Å². The van der Waals surface area contributed by atoms with Gasteiger partial charge in [-0.1, -0.05) is 57.6 Å². The fraction of sp³-hybridized carbons (Fsp3) is 0.826. The summed E-state index contributed by atoms with van der Waals surface area (Å²) >= 11 is 0. The monoisotopic (exact) mass is 398 g/mol. The van der Waals surface area contributed by atoms with Crippen molar-refractivity contribution in [3.8, 4) is 0 Å². The van der Waals surface area contributed by atoms with Gasteiger partial charge in [0, 0.05) is 20.0 Å². The van der Waals surface area contributed by atoms with E-state index in [0.717, 1.165) is 51.4 Å². The van der Waals surface area contributed by atoms with Crippen molar-refractivity contribution in [2.24, 2.45) is 0 Å². The highest BCUT2D eigenvalue weighted by atomic mass is 16.6. The zero-order valence-corrected chi connectivity index (χ0v) is 18.5. The zero-order valence-electron chi connectivity index (χ0n) is 18.5. The van der Waals surface area contributed by atoms with E-state index in [4.69, 9.17) is 9.47 Å². The largest absolute Gasteiger partial charge is 0.469 e. The van der Waals surface area contributed by atoms with E-state index in [1.165, 1.54) is 39.9 Å². The highest BCUT2D eigenvalue weighted by Gasteiger charge is 2.18. The second-order valence-electron chi connectivity index (χ2n) is 7.38. The first-order valence-corrected chi connectivity index (χ1v) is 11.0. The molecule has 28 heavy (non-hydrogen) atoms. The summed E-state index contributed by atoms with van der Waals surface area (Å²) in [4.78, 5) is 23.0. The molecule has 0 radical (unpaired) electrons. The number of esters is 2. The van der Waals surface area contributed by atoms with E-state index in [-0.39, 0.29) is 18.0 Å². The summed E-state index contributed by atoms with van der Waals surface area (Å²) in [6.45, 7) is 3.91. The number of allylic oxidation sites excluding steroid dienone is 1. The van der Waals surface area contributed by atoms with E-state index in [0.29, 0.717) is 6.42 Å². The van der Waals surface area contributed by atoms with Crippen LogP contribution < -0.4 is 0 Å². The Labute approximate surface area is 172 Å². The lowest BCUT2D eigenvalue weighted by molar-refractivity contribution is -0.160. The molecule has 0 saturated carbocycles. The van der Waals surface area contributed by atoms with Gasteiger partial charge in [-0.25, -0.2) is 4.79 Å². The van der Waals surface area contributed by atoms with Crippen molar-refractivity contribution in [3.05, 3.63) is 12.2 Å². The third-order valence-corrected chi connectivity index (χ3v) is 4.89. The van der Waals surface area contributed by atoms with Crippen molar-refractivity contribution in [3.63, 3.8) is 0 Å². The maximum absolute atomic E-state index is 12.0. The number of unbranched alkanes of at least 4 members (excludes halogenated alkanes) is 8. The Morgan fingerprint density at radius 2 is 1.57 bits per heavy atom. The van der Waals surface area contributed by atoms with Crippen molar-refractivity contribution >= 4 is 11.9 Å². The van der Waals surface area contributed by atoms with Crippen molar-refractivity contribution in [1.29, 1.82) is 0 Å². The average Bonchev–Trinajstić information content (AvgIpc) is 2.71. The van der Waals surface area contributed by atoms with Gasteiger partial charge in [0.05, 0.1) is 7.11 Å². The molecule has 0 unspecified atom stereocenters. The van der Waals surface area contributed by atoms with Gasteiger partial charge in [-0.05, 0) is 39.0 Å². The van der Waals surface area contributed by atoms with Crippen LogP contribution in [0, 0.1) is 0 Å². The Bertz CT molecular complexity index is 419. The van der Waals surface area contributed by atoms with Crippen LogP contribution in [0.3, 0.4) is 0 Å². The minimum absolute atomic E-state index is 0.0588. The molecule has 0 fully saturated rings. The maximum atomic E-state index is 12.0. The lowest BCUT2D eigenvalue weighted by Gasteiger charge is -2.18. The molecule has 0 bridgehead atoms. The molecule has 0 heterocycles. The molecule has 0 rings (SSSR count). The standard InChI is InChI=1S/C23H42O5/c1-5-6-7-14-17-21(28-23(25)20(2)26-3)18-15-12-10-8-9-11-13-16-19-22(24)27-4/h12,15,20-21H,5-11,13-14,16-19H2,1-4H3/b15-12-/t20-,21-/m1/s1. The molecule has 0 amide bonds. The minimum atomic E-state index is -0.513. The molecule has 0 aromatic carbocycles. The number of carbonyl (C=O) groups excluding carboxylic acids is 2. The smallest absolute Gasteiger partial charge is 0.335 e. The summed E-state index contributed by atoms with van der Waals surface area (Å²) in [5.74, 6) is -0.392. The molecule has 0 aromatic rings. The van der Waals surface area contributed by atoms with Gasteiger partial charge in [0.1, 0.15) is 6.10 Å². The fourth-order valence-electron chi connectivity index (χ4n) is 2.91. The van der Waals surface area contributed by atoms with E-state index < -0.39 is 6.10 Å². The van der Waals surface area contributed by atoms with E-state index in [1.807, 2.05) is 0 Å². The van der Waals surface area contributed by atoms with Crippen LogP contribution in [0.5, 0.6) is 0 Å². The first-order valence-electron chi connectivity index (χ1n) is 11.0. The van der Waals surface area contributed by atoms with E-state index in [2.05, 4.69) is 23.8 Å². The molecule has 5 nitrogen and oxygen atoms in total. The van der Waals surface area contributed by atoms with Gasteiger partial charge >= 0.3 is 11.9 Å². The van der Waals surface area contributed by atoms with E-state index >= 15 is 0 Å². The molecule has 0 saturated heterocycles. The average molecular weight is 399 g/mol. The number of carbonyl (C=O) groups is 2. The van der Waals surface area contributed by atoms with Crippen LogP contribution in [0.25, 0.3) is 0 Å². The summed E-state index contributed by atoms with van der Waals surface area (Å²) in [5.41, 5.74) is 0. The Kier molecular flexibility index (Phi) is 18.1. The van der Waals surface area contributed by atoms with Gasteiger partial charge in [-0.3, -0.25) is 4.79 Å². The van der Waals surface area contributed by atoms with Crippen molar-refractivity contribution in [2.45, 2.75) is 110 Å². The maximum Gasteiger partial charge on any atom is 0.335 e. The van der Waals surface area contributed by atoms with Gasteiger partial charge in [0.15, 0.2) is 6.10 Å². The predicted octanol–water partition coefficient (Wildman–Crippen LogP) is 5.75. The molecule has 0 aliphatic rings. The second kappa shape index (κ2) is 19.0. The van der Waals surface area contributed by atoms with Crippen LogP contribution in [0.1, 0.15) is 97.3 Å². The lowest BCUT2D eigenvalue weighted by Crippen LogP contribution is -2.27. The fourth-order valence-corrected chi connectivity index (χ4v) is 2.91. The Balaban J connectivity index is 3.99. The number of rotatable bonds is 18. The molecule has 0 aromatic heterocycles. The molecular weight excluding hydrogens is 356 g/mol.